The predicted molar refractivity (Wildman–Crippen MR) is 110 cm³/mol. The van der Waals surface area contributed by atoms with Gasteiger partial charge in [0.15, 0.2) is 0 Å². The van der Waals surface area contributed by atoms with Crippen LogP contribution in [0.25, 0.3) is 0 Å². The Labute approximate surface area is 156 Å². The first-order chi connectivity index (χ1) is 10.0. The molecule has 0 aliphatic carbocycles. The number of hydrogen-bond donors (Lipinski definition) is 0. The molecular weight excluding hydrogens is 394 g/mol. The predicted octanol–water partition coefficient (Wildman–Crippen LogP) is 6.70. The Balaban J connectivity index is 2.63. The number of halogens is 2. The summed E-state index contributed by atoms with van der Waals surface area (Å²) < 4.78 is -1.48. The molecule has 1 atom stereocenters. The van der Waals surface area contributed by atoms with E-state index in [1.165, 1.54) is 0 Å². The third kappa shape index (κ3) is 7.59. The van der Waals surface area contributed by atoms with Crippen LogP contribution in [0.5, 0.6) is 0 Å². The molecule has 22 heavy (non-hydrogen) atoms. The fourth-order valence-corrected chi connectivity index (χ4v) is 13.9. The zero-order valence-electron chi connectivity index (χ0n) is 13.2. The van der Waals surface area contributed by atoms with Crippen molar-refractivity contribution < 1.29 is 4.79 Å². The number of carbonyl (C=O) groups is 1. The van der Waals surface area contributed by atoms with Gasteiger partial charge in [-0.25, -0.2) is 0 Å². The first-order valence-electron chi connectivity index (χ1n) is 6.94. The summed E-state index contributed by atoms with van der Waals surface area (Å²) in [5.41, 5.74) is 0.824. The quantitative estimate of drug-likeness (QED) is 0.461. The zero-order chi connectivity index (χ0) is 17.0. The Kier molecular flexibility index (Phi) is 8.33. The lowest BCUT2D eigenvalue weighted by Gasteiger charge is -2.27. The smallest absolute Gasteiger partial charge is 0.147 e. The molecule has 124 valence electrons. The fraction of sp³-hybridized carbons (Fsp3) is 0.533. The van der Waals surface area contributed by atoms with Gasteiger partial charge in [-0.15, -0.1) is 22.8 Å². The van der Waals surface area contributed by atoms with Crippen LogP contribution in [0.2, 0.25) is 10.0 Å². The van der Waals surface area contributed by atoms with E-state index in [1.807, 2.05) is 17.4 Å². The number of rotatable bonds is 7. The molecule has 1 nitrogen and oxygen atoms in total. The number of carbonyl (C=O) groups excluding carboxylic acids is 1. The molecule has 1 unspecified atom stereocenters. The molecule has 0 bridgehead atoms. The second-order valence-electron chi connectivity index (χ2n) is 5.86. The van der Waals surface area contributed by atoms with Crippen LogP contribution >= 0.6 is 50.4 Å². The number of hydrogen-bond acceptors (Lipinski definition) is 4. The highest BCUT2D eigenvalue weighted by atomic mass is 35.5. The second kappa shape index (κ2) is 8.78. The lowest BCUT2D eigenvalue weighted by atomic mass is 10.1. The van der Waals surface area contributed by atoms with Gasteiger partial charge in [-0.1, -0.05) is 68.8 Å². The molecule has 0 fully saturated rings. The van der Waals surface area contributed by atoms with Crippen molar-refractivity contribution in [3.8, 4) is 0 Å². The summed E-state index contributed by atoms with van der Waals surface area (Å²) in [6, 6.07) is 5.24. The van der Waals surface area contributed by atoms with Crippen molar-refractivity contribution in [2.75, 3.05) is 11.9 Å². The molecule has 0 aliphatic rings. The average Bonchev–Trinajstić information content (AvgIpc) is 2.38. The second-order valence-corrected chi connectivity index (χ2v) is 19.5. The summed E-state index contributed by atoms with van der Waals surface area (Å²) in [6.45, 7) is 8.63. The summed E-state index contributed by atoms with van der Waals surface area (Å²) in [7, 11) is 0. The lowest BCUT2D eigenvalue weighted by molar-refractivity contribution is -0.115. The van der Waals surface area contributed by atoms with Crippen molar-refractivity contribution in [2.24, 2.45) is 0 Å². The molecule has 0 heterocycles. The summed E-state index contributed by atoms with van der Waals surface area (Å²) in [5, 5.41) is 1.13. The lowest BCUT2D eigenvalue weighted by Crippen LogP contribution is -2.09. The highest BCUT2D eigenvalue weighted by Gasteiger charge is 2.25. The van der Waals surface area contributed by atoms with Gasteiger partial charge < -0.3 is 0 Å². The van der Waals surface area contributed by atoms with E-state index in [4.69, 9.17) is 35.0 Å². The molecule has 0 radical (unpaired) electrons. The van der Waals surface area contributed by atoms with Crippen molar-refractivity contribution in [1.29, 1.82) is 0 Å². The van der Waals surface area contributed by atoms with Crippen molar-refractivity contribution >= 4 is 68.0 Å². The summed E-state index contributed by atoms with van der Waals surface area (Å²) in [6.07, 6.45) is 1.28. The van der Waals surface area contributed by atoms with Crippen LogP contribution in [-0.2, 0) is 23.0 Å². The average molecular weight is 415 g/mol. The van der Waals surface area contributed by atoms with E-state index in [0.717, 1.165) is 11.7 Å². The van der Waals surface area contributed by atoms with Crippen LogP contribution in [0.4, 0.5) is 0 Å². The molecule has 1 rings (SSSR count). The minimum atomic E-state index is -1.61. The number of ketones is 1. The minimum absolute atomic E-state index is 0.126. The van der Waals surface area contributed by atoms with Gasteiger partial charge in [-0.2, -0.15) is 0 Å². The molecule has 0 spiro atoms. The van der Waals surface area contributed by atoms with E-state index in [-0.39, 0.29) is 10.5 Å². The molecular formula is C15H21Cl2OPS3. The van der Waals surface area contributed by atoms with E-state index in [1.54, 1.807) is 23.5 Å². The van der Waals surface area contributed by atoms with Gasteiger partial charge in [0.05, 0.1) is 10.2 Å². The van der Waals surface area contributed by atoms with Gasteiger partial charge >= 0.3 is 0 Å². The van der Waals surface area contributed by atoms with Crippen LogP contribution in [0.3, 0.4) is 0 Å². The highest BCUT2D eigenvalue weighted by Crippen LogP contribution is 2.72. The van der Waals surface area contributed by atoms with Gasteiger partial charge in [0.2, 0.25) is 0 Å². The van der Waals surface area contributed by atoms with Crippen LogP contribution in [0.15, 0.2) is 18.2 Å². The zero-order valence-corrected chi connectivity index (χ0v) is 18.0. The normalized spacial score (nSPS) is 14.6. The van der Waals surface area contributed by atoms with Crippen molar-refractivity contribution in [3.05, 3.63) is 33.8 Å². The van der Waals surface area contributed by atoms with Crippen LogP contribution in [0.1, 0.15) is 33.3 Å². The number of benzene rings is 1. The minimum Gasteiger partial charge on any atom is -0.298 e. The fourth-order valence-electron chi connectivity index (χ4n) is 1.70. The van der Waals surface area contributed by atoms with Crippen molar-refractivity contribution in [3.63, 3.8) is 0 Å². The van der Waals surface area contributed by atoms with Crippen molar-refractivity contribution in [1.82, 2.24) is 0 Å². The molecule has 0 aromatic heterocycles. The van der Waals surface area contributed by atoms with Crippen LogP contribution in [0, 0.1) is 0 Å². The van der Waals surface area contributed by atoms with Crippen LogP contribution in [-0.4, -0.2) is 22.4 Å². The molecule has 0 aliphatic heterocycles. The number of Topliss-reactive ketones (excluding diaryl/α,β-unsaturated/α-hetero) is 1. The largest absolute Gasteiger partial charge is 0.298 e. The van der Waals surface area contributed by atoms with E-state index >= 15 is 0 Å². The molecule has 0 N–H and O–H groups in total. The summed E-state index contributed by atoms with van der Waals surface area (Å²) >= 11 is 21.3. The van der Waals surface area contributed by atoms with Gasteiger partial charge in [0, 0.05) is 21.2 Å². The van der Waals surface area contributed by atoms with Gasteiger partial charge in [-0.05, 0) is 23.9 Å². The van der Waals surface area contributed by atoms with E-state index in [9.17, 15) is 4.79 Å². The molecule has 7 heteroatoms. The third-order valence-corrected chi connectivity index (χ3v) is 15.3. The maximum absolute atomic E-state index is 12.2. The van der Waals surface area contributed by atoms with E-state index in [0.29, 0.717) is 22.2 Å². The van der Waals surface area contributed by atoms with Gasteiger partial charge in [0.25, 0.3) is 0 Å². The Morgan fingerprint density at radius 3 is 2.45 bits per heavy atom. The maximum Gasteiger partial charge on any atom is 0.147 e. The van der Waals surface area contributed by atoms with E-state index in [2.05, 4.69) is 27.7 Å². The van der Waals surface area contributed by atoms with Gasteiger partial charge in [-0.3, -0.25) is 4.79 Å². The maximum atomic E-state index is 12.2. The monoisotopic (exact) mass is 414 g/mol. The Morgan fingerprint density at radius 2 is 1.95 bits per heavy atom. The Morgan fingerprint density at radius 1 is 1.32 bits per heavy atom. The van der Waals surface area contributed by atoms with Gasteiger partial charge in [0.1, 0.15) is 5.78 Å². The highest BCUT2D eigenvalue weighted by molar-refractivity contribution is 9.00. The first kappa shape index (κ1) is 20.9. The topological polar surface area (TPSA) is 17.1 Å². The molecule has 0 saturated heterocycles. The standard InChI is InChI=1S/C15H21Cl2OPS3/c1-5-19(20,22-15(2,3)4)21-10-13(18)8-11-6-7-12(16)9-14(11)17/h6-7,9H,5,8,10H2,1-4H3. The summed E-state index contributed by atoms with van der Waals surface area (Å²) in [5.74, 6) is 0.610. The van der Waals surface area contributed by atoms with E-state index < -0.39 is 4.44 Å². The first-order valence-corrected chi connectivity index (χ1v) is 13.7. The Bertz CT molecular complexity index is 585. The molecule has 1 aromatic rings. The third-order valence-electron chi connectivity index (χ3n) is 2.63. The molecule has 0 amide bonds. The SMILES string of the molecule is CCP(=S)(SCC(=O)Cc1ccc(Cl)cc1Cl)SC(C)(C)C. The van der Waals surface area contributed by atoms with Crippen molar-refractivity contribution in [2.45, 2.75) is 38.9 Å². The Hall–Kier alpha value is 0.820. The molecule has 1 aromatic carbocycles. The molecule has 0 saturated carbocycles. The van der Waals surface area contributed by atoms with Crippen LogP contribution < -0.4 is 0 Å². The summed E-state index contributed by atoms with van der Waals surface area (Å²) in [4.78, 5) is 12.2.